The maximum Gasteiger partial charge on any atom is 0.149 e. The van der Waals surface area contributed by atoms with Gasteiger partial charge in [0.15, 0.2) is 0 Å². The van der Waals surface area contributed by atoms with E-state index < -0.39 is 0 Å². The van der Waals surface area contributed by atoms with E-state index in [9.17, 15) is 0 Å². The Bertz CT molecular complexity index is 548. The Morgan fingerprint density at radius 2 is 2.10 bits per heavy atom. The zero-order chi connectivity index (χ0) is 13.9. The highest BCUT2D eigenvalue weighted by Gasteiger charge is 2.21. The number of nitrogens with zero attached hydrogens (tertiary/aromatic N) is 4. The summed E-state index contributed by atoms with van der Waals surface area (Å²) < 4.78 is 2.30. The number of nitrogens with one attached hydrogen (secondary N) is 1. The van der Waals surface area contributed by atoms with Crippen molar-refractivity contribution in [2.45, 2.75) is 58.2 Å². The zero-order valence-corrected chi connectivity index (χ0v) is 12.9. The van der Waals surface area contributed by atoms with E-state index in [2.05, 4.69) is 44.3 Å². The molecule has 1 N–H and O–H groups in total. The fourth-order valence-electron chi connectivity index (χ4n) is 2.80. The first-order valence-corrected chi connectivity index (χ1v) is 8.26. The third kappa shape index (κ3) is 2.76. The number of aryl methyl sites for hydroxylation is 1. The average Bonchev–Trinajstić information content (AvgIpc) is 3.04. The van der Waals surface area contributed by atoms with E-state index in [1.165, 1.54) is 19.3 Å². The first-order valence-electron chi connectivity index (χ1n) is 7.32. The van der Waals surface area contributed by atoms with E-state index in [-0.39, 0.29) is 12.1 Å². The summed E-state index contributed by atoms with van der Waals surface area (Å²) in [6, 6.07) is 0.418. The molecule has 5 nitrogen and oxygen atoms in total. The van der Waals surface area contributed by atoms with Crippen LogP contribution in [0.25, 0.3) is 0 Å². The highest BCUT2D eigenvalue weighted by molar-refractivity contribution is 7.07. The predicted molar refractivity (Wildman–Crippen MR) is 79.7 cm³/mol. The van der Waals surface area contributed by atoms with Crippen LogP contribution < -0.4 is 5.32 Å². The summed E-state index contributed by atoms with van der Waals surface area (Å²) in [4.78, 5) is 4.37. The summed E-state index contributed by atoms with van der Waals surface area (Å²) in [6.07, 6.45) is 4.81. The lowest BCUT2D eigenvalue weighted by molar-refractivity contribution is 0.449. The molecule has 0 fully saturated rings. The second-order valence-electron chi connectivity index (χ2n) is 5.46. The van der Waals surface area contributed by atoms with Gasteiger partial charge in [-0.2, -0.15) is 0 Å². The van der Waals surface area contributed by atoms with Gasteiger partial charge in [0.25, 0.3) is 0 Å². The van der Waals surface area contributed by atoms with E-state index >= 15 is 0 Å². The molecule has 0 bridgehead atoms. The van der Waals surface area contributed by atoms with E-state index in [1.54, 1.807) is 11.3 Å². The molecule has 6 heteroatoms. The molecule has 1 aliphatic rings. The second kappa shape index (κ2) is 6.01. The molecule has 2 aromatic heterocycles. The molecule has 2 unspecified atom stereocenters. The molecule has 1 aliphatic heterocycles. The molecular weight excluding hydrogens is 270 g/mol. The van der Waals surface area contributed by atoms with Crippen molar-refractivity contribution >= 4 is 11.3 Å². The second-order valence-corrected chi connectivity index (χ2v) is 6.18. The summed E-state index contributed by atoms with van der Waals surface area (Å²) >= 11 is 1.63. The Morgan fingerprint density at radius 1 is 1.20 bits per heavy atom. The smallest absolute Gasteiger partial charge is 0.149 e. The van der Waals surface area contributed by atoms with Gasteiger partial charge in [-0.25, -0.2) is 4.98 Å². The van der Waals surface area contributed by atoms with Gasteiger partial charge in [-0.05, 0) is 26.7 Å². The van der Waals surface area contributed by atoms with E-state index in [4.69, 9.17) is 0 Å². The molecule has 0 radical (unpaired) electrons. The van der Waals surface area contributed by atoms with Gasteiger partial charge >= 0.3 is 0 Å². The molecule has 108 valence electrons. The maximum absolute atomic E-state index is 4.41. The van der Waals surface area contributed by atoms with Crippen LogP contribution in [-0.2, 0) is 13.0 Å². The van der Waals surface area contributed by atoms with Crippen molar-refractivity contribution in [3.8, 4) is 0 Å². The lowest BCUT2D eigenvalue weighted by Crippen LogP contribution is -2.25. The number of fused-ring (bicyclic) bond motifs is 1. The van der Waals surface area contributed by atoms with Crippen LogP contribution in [-0.4, -0.2) is 19.7 Å². The molecule has 2 atom stereocenters. The summed E-state index contributed by atoms with van der Waals surface area (Å²) in [5.74, 6) is 2.21. The number of thiazole rings is 1. The van der Waals surface area contributed by atoms with Crippen LogP contribution in [0.1, 0.15) is 62.5 Å². The van der Waals surface area contributed by atoms with Gasteiger partial charge < -0.3 is 4.57 Å². The average molecular weight is 291 g/mol. The molecule has 20 heavy (non-hydrogen) atoms. The molecule has 0 saturated carbocycles. The van der Waals surface area contributed by atoms with Crippen molar-refractivity contribution in [3.05, 3.63) is 28.2 Å². The molecule has 0 spiro atoms. The standard InChI is InChI=1S/C14H21N5S/c1-10(12-8-20-9-15-12)16-11(2)14-18-17-13-6-4-3-5-7-19(13)14/h8-11,16H,3-7H2,1-2H3. The van der Waals surface area contributed by atoms with Crippen LogP contribution in [0.5, 0.6) is 0 Å². The van der Waals surface area contributed by atoms with Crippen LogP contribution in [0, 0.1) is 0 Å². The van der Waals surface area contributed by atoms with Gasteiger partial charge in [-0.3, -0.25) is 5.32 Å². The molecule has 0 aliphatic carbocycles. The Morgan fingerprint density at radius 3 is 2.90 bits per heavy atom. The topological polar surface area (TPSA) is 55.6 Å². The highest BCUT2D eigenvalue weighted by Crippen LogP contribution is 2.21. The SMILES string of the molecule is CC(NC(C)c1nnc2n1CCCCC2)c1cscn1. The van der Waals surface area contributed by atoms with Crippen molar-refractivity contribution in [3.63, 3.8) is 0 Å². The molecule has 0 aromatic carbocycles. The van der Waals surface area contributed by atoms with Crippen LogP contribution in [0.3, 0.4) is 0 Å². The maximum atomic E-state index is 4.41. The Labute approximate surface area is 123 Å². The monoisotopic (exact) mass is 291 g/mol. The van der Waals surface area contributed by atoms with Crippen LogP contribution in [0.2, 0.25) is 0 Å². The van der Waals surface area contributed by atoms with Crippen molar-refractivity contribution in [2.24, 2.45) is 0 Å². The summed E-state index contributed by atoms with van der Waals surface area (Å²) in [6.45, 7) is 5.35. The Hall–Kier alpha value is -1.27. The van der Waals surface area contributed by atoms with Crippen LogP contribution in [0.4, 0.5) is 0 Å². The molecule has 0 amide bonds. The van der Waals surface area contributed by atoms with Crippen LogP contribution in [0.15, 0.2) is 10.9 Å². The van der Waals surface area contributed by atoms with Gasteiger partial charge in [0.05, 0.1) is 17.2 Å². The Balaban J connectivity index is 1.74. The zero-order valence-electron chi connectivity index (χ0n) is 12.0. The number of hydrogen-bond acceptors (Lipinski definition) is 5. The minimum atomic E-state index is 0.186. The van der Waals surface area contributed by atoms with Crippen molar-refractivity contribution in [2.75, 3.05) is 0 Å². The minimum Gasteiger partial charge on any atom is -0.314 e. The fourth-order valence-corrected chi connectivity index (χ4v) is 3.45. The summed E-state index contributed by atoms with van der Waals surface area (Å²) in [5, 5.41) is 14.4. The Kier molecular flexibility index (Phi) is 4.12. The van der Waals surface area contributed by atoms with Crippen molar-refractivity contribution in [1.82, 2.24) is 25.1 Å². The quantitative estimate of drug-likeness (QED) is 0.941. The molecule has 2 aromatic rings. The summed E-state index contributed by atoms with van der Waals surface area (Å²) in [5.41, 5.74) is 2.97. The number of rotatable bonds is 4. The van der Waals surface area contributed by atoms with Gasteiger partial charge in [0.1, 0.15) is 11.6 Å². The fraction of sp³-hybridized carbons (Fsp3) is 0.643. The lowest BCUT2D eigenvalue weighted by atomic mass is 10.2. The first kappa shape index (κ1) is 13.7. The van der Waals surface area contributed by atoms with Gasteiger partial charge in [0, 0.05) is 24.4 Å². The van der Waals surface area contributed by atoms with E-state index in [1.807, 2.05) is 5.51 Å². The normalized spacial score (nSPS) is 18.3. The lowest BCUT2D eigenvalue weighted by Gasteiger charge is -2.19. The van der Waals surface area contributed by atoms with Crippen LogP contribution >= 0.6 is 11.3 Å². The molecular formula is C14H21N5S. The molecule has 3 heterocycles. The van der Waals surface area contributed by atoms with Gasteiger partial charge in [0.2, 0.25) is 0 Å². The van der Waals surface area contributed by atoms with E-state index in [0.29, 0.717) is 0 Å². The third-order valence-electron chi connectivity index (χ3n) is 3.92. The third-order valence-corrected chi connectivity index (χ3v) is 4.53. The molecule has 3 rings (SSSR count). The summed E-state index contributed by atoms with van der Waals surface area (Å²) in [7, 11) is 0. The highest BCUT2D eigenvalue weighted by atomic mass is 32.1. The minimum absolute atomic E-state index is 0.186. The predicted octanol–water partition coefficient (Wildman–Crippen LogP) is 2.87. The molecule has 0 saturated heterocycles. The van der Waals surface area contributed by atoms with Crippen molar-refractivity contribution in [1.29, 1.82) is 0 Å². The van der Waals surface area contributed by atoms with Gasteiger partial charge in [-0.1, -0.05) is 6.42 Å². The van der Waals surface area contributed by atoms with Crippen molar-refractivity contribution < 1.29 is 0 Å². The van der Waals surface area contributed by atoms with E-state index in [0.717, 1.165) is 30.3 Å². The number of aromatic nitrogens is 4. The van der Waals surface area contributed by atoms with Gasteiger partial charge in [-0.15, -0.1) is 21.5 Å². The first-order chi connectivity index (χ1) is 9.75. The largest absolute Gasteiger partial charge is 0.314 e. The number of hydrogen-bond donors (Lipinski definition) is 1.